The largest absolute Gasteiger partial charge is 0.359 e. The number of carbonyl (C=O) groups is 1. The third-order valence-electron chi connectivity index (χ3n) is 5.07. The number of nitrogens with zero attached hydrogens (tertiary/aromatic N) is 2. The first kappa shape index (κ1) is 15.8. The van der Waals surface area contributed by atoms with Crippen LogP contribution in [0.1, 0.15) is 39.0 Å². The summed E-state index contributed by atoms with van der Waals surface area (Å²) in [6.45, 7) is 9.73. The molecule has 0 unspecified atom stereocenters. The maximum atomic E-state index is 11.4. The molecule has 4 heteroatoms. The van der Waals surface area contributed by atoms with Crippen LogP contribution in [0.3, 0.4) is 0 Å². The molecule has 1 N–H and O–H groups in total. The molecule has 0 aromatic heterocycles. The van der Waals surface area contributed by atoms with Crippen molar-refractivity contribution in [1.29, 1.82) is 0 Å². The van der Waals surface area contributed by atoms with Gasteiger partial charge in [0.25, 0.3) is 0 Å². The first-order valence-electron chi connectivity index (χ1n) is 8.32. The molecule has 0 spiro atoms. The summed E-state index contributed by atoms with van der Waals surface area (Å²) in [5, 5.41) is 2.74. The van der Waals surface area contributed by atoms with Gasteiger partial charge in [0, 0.05) is 26.6 Å². The molecular formula is C16H31N3O. The molecule has 2 fully saturated rings. The third-order valence-corrected chi connectivity index (χ3v) is 5.07. The Hall–Kier alpha value is -0.610. The molecule has 0 radical (unpaired) electrons. The molecule has 2 rings (SSSR count). The number of carbonyl (C=O) groups excluding carboxylic acids is 1. The molecule has 0 aromatic rings. The summed E-state index contributed by atoms with van der Waals surface area (Å²) < 4.78 is 0. The third kappa shape index (κ3) is 5.06. The molecule has 116 valence electrons. The SMILES string of the molecule is CNC(=O)CC1CCN(CCN2CCC(C)CC2)CC1. The lowest BCUT2D eigenvalue weighted by atomic mass is 9.93. The smallest absolute Gasteiger partial charge is 0.220 e. The van der Waals surface area contributed by atoms with Gasteiger partial charge < -0.3 is 15.1 Å². The zero-order chi connectivity index (χ0) is 14.4. The maximum absolute atomic E-state index is 11.4. The monoisotopic (exact) mass is 281 g/mol. The van der Waals surface area contributed by atoms with Crippen molar-refractivity contribution >= 4 is 5.91 Å². The highest BCUT2D eigenvalue weighted by molar-refractivity contribution is 5.75. The molecule has 4 nitrogen and oxygen atoms in total. The van der Waals surface area contributed by atoms with Crippen LogP contribution in [0.2, 0.25) is 0 Å². The molecule has 1 amide bonds. The standard InChI is InChI=1S/C16H31N3O/c1-14-3-7-18(8-4-14)11-12-19-9-5-15(6-10-19)13-16(20)17-2/h14-15H,3-13H2,1-2H3,(H,17,20). The summed E-state index contributed by atoms with van der Waals surface area (Å²) in [7, 11) is 1.73. The Kier molecular flexibility index (Phi) is 6.30. The van der Waals surface area contributed by atoms with E-state index in [0.29, 0.717) is 12.3 Å². The molecule has 2 aliphatic heterocycles. The quantitative estimate of drug-likeness (QED) is 0.831. The van der Waals surface area contributed by atoms with Crippen molar-refractivity contribution in [3.05, 3.63) is 0 Å². The van der Waals surface area contributed by atoms with Crippen molar-refractivity contribution in [2.24, 2.45) is 11.8 Å². The Balaban J connectivity index is 1.59. The first-order valence-corrected chi connectivity index (χ1v) is 8.32. The predicted octanol–water partition coefficient (Wildman–Crippen LogP) is 1.57. The zero-order valence-corrected chi connectivity index (χ0v) is 13.2. The second kappa shape index (κ2) is 7.99. The summed E-state index contributed by atoms with van der Waals surface area (Å²) in [5.74, 6) is 1.72. The molecule has 0 saturated carbocycles. The van der Waals surface area contributed by atoms with E-state index in [2.05, 4.69) is 22.0 Å². The summed E-state index contributed by atoms with van der Waals surface area (Å²) in [6, 6.07) is 0. The Labute approximate surface area is 123 Å². The van der Waals surface area contributed by atoms with Crippen molar-refractivity contribution in [2.75, 3.05) is 46.3 Å². The van der Waals surface area contributed by atoms with E-state index in [1.165, 1.54) is 65.0 Å². The second-order valence-corrected chi connectivity index (χ2v) is 6.69. The van der Waals surface area contributed by atoms with Gasteiger partial charge in [-0.25, -0.2) is 0 Å². The van der Waals surface area contributed by atoms with E-state index < -0.39 is 0 Å². The van der Waals surface area contributed by atoms with Crippen LogP contribution < -0.4 is 5.32 Å². The number of nitrogens with one attached hydrogen (secondary N) is 1. The number of amides is 1. The minimum atomic E-state index is 0.200. The fourth-order valence-electron chi connectivity index (χ4n) is 3.35. The normalized spacial score (nSPS) is 23.9. The minimum Gasteiger partial charge on any atom is -0.359 e. The van der Waals surface area contributed by atoms with Gasteiger partial charge in [0.2, 0.25) is 5.91 Å². The molecule has 20 heavy (non-hydrogen) atoms. The first-order chi connectivity index (χ1) is 9.67. The highest BCUT2D eigenvalue weighted by Gasteiger charge is 2.22. The average Bonchev–Trinajstić information content (AvgIpc) is 2.48. The summed E-state index contributed by atoms with van der Waals surface area (Å²) in [6.07, 6.45) is 5.83. The van der Waals surface area contributed by atoms with Crippen LogP contribution in [0, 0.1) is 11.8 Å². The molecule has 2 aliphatic rings. The zero-order valence-electron chi connectivity index (χ0n) is 13.2. The van der Waals surface area contributed by atoms with E-state index in [1.54, 1.807) is 7.05 Å². The topological polar surface area (TPSA) is 35.6 Å². The van der Waals surface area contributed by atoms with E-state index in [4.69, 9.17) is 0 Å². The molecule has 2 saturated heterocycles. The van der Waals surface area contributed by atoms with Gasteiger partial charge >= 0.3 is 0 Å². The fourth-order valence-corrected chi connectivity index (χ4v) is 3.35. The van der Waals surface area contributed by atoms with Crippen molar-refractivity contribution in [1.82, 2.24) is 15.1 Å². The van der Waals surface area contributed by atoms with E-state index in [0.717, 1.165) is 5.92 Å². The molecular weight excluding hydrogens is 250 g/mol. The van der Waals surface area contributed by atoms with Crippen LogP contribution >= 0.6 is 0 Å². The Morgan fingerprint density at radius 1 is 1.00 bits per heavy atom. The van der Waals surface area contributed by atoms with Gasteiger partial charge in [0.15, 0.2) is 0 Å². The van der Waals surface area contributed by atoms with E-state index >= 15 is 0 Å². The molecule has 0 bridgehead atoms. The number of likely N-dealkylation sites (tertiary alicyclic amines) is 2. The highest BCUT2D eigenvalue weighted by atomic mass is 16.1. The Morgan fingerprint density at radius 2 is 1.50 bits per heavy atom. The van der Waals surface area contributed by atoms with Crippen LogP contribution in [0.25, 0.3) is 0 Å². The van der Waals surface area contributed by atoms with Crippen molar-refractivity contribution in [3.63, 3.8) is 0 Å². The van der Waals surface area contributed by atoms with E-state index in [9.17, 15) is 4.79 Å². The number of hydrogen-bond acceptors (Lipinski definition) is 3. The van der Waals surface area contributed by atoms with Crippen LogP contribution in [-0.4, -0.2) is 62.0 Å². The van der Waals surface area contributed by atoms with E-state index in [-0.39, 0.29) is 5.91 Å². The Bertz CT molecular complexity index is 292. The maximum Gasteiger partial charge on any atom is 0.220 e. The van der Waals surface area contributed by atoms with Gasteiger partial charge in [-0.05, 0) is 63.7 Å². The van der Waals surface area contributed by atoms with Gasteiger partial charge in [-0.1, -0.05) is 6.92 Å². The van der Waals surface area contributed by atoms with Gasteiger partial charge in [-0.2, -0.15) is 0 Å². The lowest BCUT2D eigenvalue weighted by molar-refractivity contribution is -0.121. The van der Waals surface area contributed by atoms with Gasteiger partial charge in [-0.3, -0.25) is 4.79 Å². The van der Waals surface area contributed by atoms with Crippen molar-refractivity contribution in [3.8, 4) is 0 Å². The van der Waals surface area contributed by atoms with Crippen molar-refractivity contribution in [2.45, 2.75) is 39.0 Å². The molecule has 0 aliphatic carbocycles. The van der Waals surface area contributed by atoms with Gasteiger partial charge in [0.1, 0.15) is 0 Å². The number of piperidine rings is 2. The Morgan fingerprint density at radius 3 is 2.00 bits per heavy atom. The average molecular weight is 281 g/mol. The summed E-state index contributed by atoms with van der Waals surface area (Å²) in [5.41, 5.74) is 0. The molecule has 2 heterocycles. The lowest BCUT2D eigenvalue weighted by Gasteiger charge is -2.35. The lowest BCUT2D eigenvalue weighted by Crippen LogP contribution is -2.42. The van der Waals surface area contributed by atoms with Gasteiger partial charge in [-0.15, -0.1) is 0 Å². The van der Waals surface area contributed by atoms with Crippen molar-refractivity contribution < 1.29 is 4.79 Å². The van der Waals surface area contributed by atoms with Crippen LogP contribution in [0.5, 0.6) is 0 Å². The van der Waals surface area contributed by atoms with Crippen LogP contribution in [0.15, 0.2) is 0 Å². The fraction of sp³-hybridized carbons (Fsp3) is 0.938. The minimum absolute atomic E-state index is 0.200. The molecule has 0 aromatic carbocycles. The van der Waals surface area contributed by atoms with E-state index in [1.807, 2.05) is 0 Å². The molecule has 0 atom stereocenters. The predicted molar refractivity (Wildman–Crippen MR) is 82.7 cm³/mol. The van der Waals surface area contributed by atoms with Crippen LogP contribution in [0.4, 0.5) is 0 Å². The van der Waals surface area contributed by atoms with Gasteiger partial charge in [0.05, 0.1) is 0 Å². The summed E-state index contributed by atoms with van der Waals surface area (Å²) >= 11 is 0. The van der Waals surface area contributed by atoms with Crippen LogP contribution in [-0.2, 0) is 4.79 Å². The highest BCUT2D eigenvalue weighted by Crippen LogP contribution is 2.21. The second-order valence-electron chi connectivity index (χ2n) is 6.69. The summed E-state index contributed by atoms with van der Waals surface area (Å²) in [4.78, 5) is 16.6. The number of hydrogen-bond donors (Lipinski definition) is 1. The number of rotatable bonds is 5.